The molecule has 4 nitrogen and oxygen atoms in total. The first-order chi connectivity index (χ1) is 11.5. The lowest BCUT2D eigenvalue weighted by molar-refractivity contribution is 0.0953. The first kappa shape index (κ1) is 16.1. The molecule has 0 amide bonds. The fourth-order valence-corrected chi connectivity index (χ4v) is 2.71. The molecule has 0 spiro atoms. The van der Waals surface area contributed by atoms with Crippen molar-refractivity contribution in [1.82, 2.24) is 9.55 Å². The Labute approximate surface area is 141 Å². The number of nitrogens with zero attached hydrogens (tertiary/aromatic N) is 3. The third kappa shape index (κ3) is 3.13. The molecule has 0 aliphatic rings. The third-order valence-corrected chi connectivity index (χ3v) is 3.84. The zero-order chi connectivity index (χ0) is 17.3. The van der Waals surface area contributed by atoms with Gasteiger partial charge in [0.2, 0.25) is 0 Å². The van der Waals surface area contributed by atoms with E-state index >= 15 is 0 Å². The molecule has 0 aliphatic heterocycles. The van der Waals surface area contributed by atoms with Crippen LogP contribution in [0.3, 0.4) is 0 Å². The summed E-state index contributed by atoms with van der Waals surface area (Å²) < 4.78 is 1.59. The summed E-state index contributed by atoms with van der Waals surface area (Å²) >= 11 is 0. The highest BCUT2D eigenvalue weighted by Crippen LogP contribution is 2.18. The molecular formula is C20H21N3O. The summed E-state index contributed by atoms with van der Waals surface area (Å²) in [6.45, 7) is 7.89. The minimum Gasteiger partial charge on any atom is -0.268 e. The molecular weight excluding hydrogens is 298 g/mol. The predicted molar refractivity (Wildman–Crippen MR) is 96.1 cm³/mol. The molecule has 2 aromatic heterocycles. The van der Waals surface area contributed by atoms with Gasteiger partial charge in [-0.05, 0) is 58.0 Å². The highest BCUT2D eigenvalue weighted by Gasteiger charge is 2.14. The van der Waals surface area contributed by atoms with Gasteiger partial charge in [0.15, 0.2) is 0 Å². The van der Waals surface area contributed by atoms with Crippen molar-refractivity contribution in [3.63, 3.8) is 0 Å². The molecule has 3 aromatic rings. The second kappa shape index (κ2) is 6.40. The number of aromatic nitrogens is 2. The van der Waals surface area contributed by atoms with E-state index in [4.69, 9.17) is 0 Å². The van der Waals surface area contributed by atoms with Gasteiger partial charge in [-0.3, -0.25) is 19.3 Å². The van der Waals surface area contributed by atoms with Crippen LogP contribution in [0.5, 0.6) is 0 Å². The average Bonchev–Trinajstić information content (AvgIpc) is 2.54. The molecule has 122 valence electrons. The number of carbonyl (C=O) groups is 1. The molecule has 3 rings (SSSR count). The zero-order valence-electron chi connectivity index (χ0n) is 14.4. The fraction of sp³-hybridized carbons (Fsp3) is 0.250. The van der Waals surface area contributed by atoms with E-state index in [1.54, 1.807) is 10.8 Å². The molecule has 1 aromatic carbocycles. The molecule has 4 heteroatoms. The van der Waals surface area contributed by atoms with Crippen LogP contribution in [0.2, 0.25) is 0 Å². The predicted octanol–water partition coefficient (Wildman–Crippen LogP) is 3.65. The van der Waals surface area contributed by atoms with Gasteiger partial charge in [0, 0.05) is 17.6 Å². The molecule has 0 saturated heterocycles. The van der Waals surface area contributed by atoms with Gasteiger partial charge in [0.05, 0.1) is 16.8 Å². The van der Waals surface area contributed by atoms with Gasteiger partial charge in [-0.25, -0.2) is 0 Å². The molecule has 0 aliphatic carbocycles. The van der Waals surface area contributed by atoms with Crippen molar-refractivity contribution in [2.75, 3.05) is 0 Å². The van der Waals surface area contributed by atoms with Crippen LogP contribution >= 0.6 is 0 Å². The quantitative estimate of drug-likeness (QED) is 0.724. The van der Waals surface area contributed by atoms with E-state index in [0.717, 1.165) is 22.2 Å². The SMILES string of the molecule is Cc1ccc2nc(C)c(C(=O)n3ccccc3=NC(C)C)cc2c1. The van der Waals surface area contributed by atoms with Gasteiger partial charge in [-0.15, -0.1) is 0 Å². The summed E-state index contributed by atoms with van der Waals surface area (Å²) in [4.78, 5) is 22.2. The smallest absolute Gasteiger partial charge is 0.265 e. The van der Waals surface area contributed by atoms with Crippen LogP contribution in [-0.2, 0) is 0 Å². The largest absolute Gasteiger partial charge is 0.268 e. The van der Waals surface area contributed by atoms with Crippen molar-refractivity contribution in [3.8, 4) is 0 Å². The highest BCUT2D eigenvalue weighted by molar-refractivity contribution is 5.99. The maximum Gasteiger partial charge on any atom is 0.265 e. The number of pyridine rings is 2. The Morgan fingerprint density at radius 3 is 2.67 bits per heavy atom. The highest BCUT2D eigenvalue weighted by atomic mass is 16.2. The lowest BCUT2D eigenvalue weighted by Gasteiger charge is -2.10. The maximum absolute atomic E-state index is 13.1. The lowest BCUT2D eigenvalue weighted by Crippen LogP contribution is -2.28. The second-order valence-corrected chi connectivity index (χ2v) is 6.27. The summed E-state index contributed by atoms with van der Waals surface area (Å²) in [5.41, 5.74) is 4.03. The second-order valence-electron chi connectivity index (χ2n) is 6.27. The Balaban J connectivity index is 2.18. The number of carbonyl (C=O) groups excluding carboxylic acids is 1. The fourth-order valence-electron chi connectivity index (χ4n) is 2.71. The molecule has 0 N–H and O–H groups in total. The Kier molecular flexibility index (Phi) is 4.30. The van der Waals surface area contributed by atoms with E-state index in [0.29, 0.717) is 11.1 Å². The van der Waals surface area contributed by atoms with E-state index in [9.17, 15) is 4.79 Å². The van der Waals surface area contributed by atoms with Crippen LogP contribution in [-0.4, -0.2) is 21.5 Å². The number of benzene rings is 1. The van der Waals surface area contributed by atoms with Gasteiger partial charge in [0.1, 0.15) is 5.49 Å². The van der Waals surface area contributed by atoms with Crippen molar-refractivity contribution in [2.24, 2.45) is 4.99 Å². The van der Waals surface area contributed by atoms with Crippen molar-refractivity contribution in [3.05, 3.63) is 71.0 Å². The number of fused-ring (bicyclic) bond motifs is 1. The van der Waals surface area contributed by atoms with Crippen LogP contribution in [0, 0.1) is 13.8 Å². The number of rotatable bonds is 2. The number of hydrogen-bond donors (Lipinski definition) is 0. The van der Waals surface area contributed by atoms with Gasteiger partial charge < -0.3 is 0 Å². The summed E-state index contributed by atoms with van der Waals surface area (Å²) in [5, 5.41) is 0.975. The van der Waals surface area contributed by atoms with Crippen molar-refractivity contribution >= 4 is 16.8 Å². The molecule has 0 bridgehead atoms. The van der Waals surface area contributed by atoms with Gasteiger partial charge in [0.25, 0.3) is 5.91 Å². The van der Waals surface area contributed by atoms with E-state index in [1.165, 1.54) is 0 Å². The van der Waals surface area contributed by atoms with Crippen LogP contribution < -0.4 is 5.49 Å². The van der Waals surface area contributed by atoms with E-state index in [-0.39, 0.29) is 11.9 Å². The van der Waals surface area contributed by atoms with Gasteiger partial charge in [-0.2, -0.15) is 0 Å². The summed E-state index contributed by atoms with van der Waals surface area (Å²) in [5.74, 6) is -0.108. The molecule has 0 radical (unpaired) electrons. The van der Waals surface area contributed by atoms with E-state index in [2.05, 4.69) is 9.98 Å². The Morgan fingerprint density at radius 1 is 1.12 bits per heavy atom. The minimum atomic E-state index is -0.108. The average molecular weight is 319 g/mol. The molecule has 2 heterocycles. The third-order valence-electron chi connectivity index (χ3n) is 3.84. The van der Waals surface area contributed by atoms with Crippen molar-refractivity contribution in [2.45, 2.75) is 33.7 Å². The Bertz CT molecular complexity index is 984. The number of hydrogen-bond acceptors (Lipinski definition) is 3. The summed E-state index contributed by atoms with van der Waals surface area (Å²) in [7, 11) is 0. The first-order valence-electron chi connectivity index (χ1n) is 8.10. The molecule has 0 atom stereocenters. The minimum absolute atomic E-state index is 0.108. The molecule has 24 heavy (non-hydrogen) atoms. The zero-order valence-corrected chi connectivity index (χ0v) is 14.4. The van der Waals surface area contributed by atoms with Gasteiger partial charge in [-0.1, -0.05) is 17.7 Å². The Hall–Kier alpha value is -2.75. The summed E-state index contributed by atoms with van der Waals surface area (Å²) in [6, 6.07) is 13.7. The monoisotopic (exact) mass is 319 g/mol. The van der Waals surface area contributed by atoms with E-state index < -0.39 is 0 Å². The van der Waals surface area contributed by atoms with Crippen LogP contribution in [0.1, 0.15) is 35.5 Å². The van der Waals surface area contributed by atoms with E-state index in [1.807, 2.05) is 70.2 Å². The standard InChI is InChI=1S/C20H21N3O/c1-13(2)21-19-7-5-6-10-23(19)20(24)17-12-16-11-14(3)8-9-18(16)22-15(17)4/h5-13H,1-4H3. The van der Waals surface area contributed by atoms with Crippen molar-refractivity contribution in [1.29, 1.82) is 0 Å². The number of aryl methyl sites for hydroxylation is 2. The molecule has 0 saturated carbocycles. The lowest BCUT2D eigenvalue weighted by atomic mass is 10.1. The first-order valence-corrected chi connectivity index (χ1v) is 8.10. The maximum atomic E-state index is 13.1. The van der Waals surface area contributed by atoms with Crippen molar-refractivity contribution < 1.29 is 4.79 Å². The molecule has 0 unspecified atom stereocenters. The van der Waals surface area contributed by atoms with Crippen LogP contribution in [0.4, 0.5) is 0 Å². The Morgan fingerprint density at radius 2 is 1.92 bits per heavy atom. The summed E-state index contributed by atoms with van der Waals surface area (Å²) in [6.07, 6.45) is 1.75. The van der Waals surface area contributed by atoms with Gasteiger partial charge >= 0.3 is 0 Å². The molecule has 0 fully saturated rings. The normalized spacial score (nSPS) is 12.1. The van der Waals surface area contributed by atoms with Crippen LogP contribution in [0.15, 0.2) is 53.7 Å². The topological polar surface area (TPSA) is 47.2 Å². The van der Waals surface area contributed by atoms with Crippen LogP contribution in [0.25, 0.3) is 10.9 Å².